The van der Waals surface area contributed by atoms with Crippen LogP contribution in [0.25, 0.3) is 0 Å². The number of para-hydroxylation sites is 1. The number of carbonyl (C=O) groups is 1. The summed E-state index contributed by atoms with van der Waals surface area (Å²) in [5, 5.41) is 0.565. The quantitative estimate of drug-likeness (QED) is 0.850. The van der Waals surface area contributed by atoms with Crippen molar-refractivity contribution >= 4 is 17.5 Å². The number of hydrogen-bond donors (Lipinski definition) is 0. The Kier molecular flexibility index (Phi) is 4.96. The fourth-order valence-corrected chi connectivity index (χ4v) is 1.86. The molecule has 0 aliphatic heterocycles. The average Bonchev–Trinajstić information content (AvgIpc) is 2.49. The van der Waals surface area contributed by atoms with Gasteiger partial charge in [0.2, 0.25) is 0 Å². The summed E-state index contributed by atoms with van der Waals surface area (Å²) in [5.41, 5.74) is 0.611. The van der Waals surface area contributed by atoms with Crippen molar-refractivity contribution in [1.29, 1.82) is 0 Å². The molecule has 0 saturated heterocycles. The maximum atomic E-state index is 12.1. The molecule has 0 fully saturated rings. The molecule has 0 bridgehead atoms. The summed E-state index contributed by atoms with van der Waals surface area (Å²) in [4.78, 5) is 17.6. The van der Waals surface area contributed by atoms with Gasteiger partial charge in [-0.15, -0.1) is 0 Å². The molecule has 104 valence electrons. The van der Waals surface area contributed by atoms with Crippen LogP contribution in [0.2, 0.25) is 5.02 Å². The molecule has 0 spiro atoms. The van der Waals surface area contributed by atoms with Gasteiger partial charge in [-0.3, -0.25) is 9.78 Å². The molecule has 0 atom stereocenters. The van der Waals surface area contributed by atoms with Crippen LogP contribution in [0.1, 0.15) is 10.4 Å². The highest BCUT2D eigenvalue weighted by Crippen LogP contribution is 2.22. The zero-order chi connectivity index (χ0) is 14.4. The van der Waals surface area contributed by atoms with E-state index in [1.54, 1.807) is 48.6 Å². The maximum Gasteiger partial charge on any atom is 0.253 e. The lowest BCUT2D eigenvalue weighted by Gasteiger charge is -2.17. The highest BCUT2D eigenvalue weighted by Gasteiger charge is 2.11. The van der Waals surface area contributed by atoms with E-state index >= 15 is 0 Å². The van der Waals surface area contributed by atoms with Gasteiger partial charge in [-0.25, -0.2) is 0 Å². The Balaban J connectivity index is 1.85. The molecule has 4 nitrogen and oxygen atoms in total. The Morgan fingerprint density at radius 3 is 2.65 bits per heavy atom. The van der Waals surface area contributed by atoms with Crippen LogP contribution in [-0.2, 0) is 0 Å². The second-order valence-electron chi connectivity index (χ2n) is 4.24. The SMILES string of the molecule is CN(CCOc1ccccc1Cl)C(=O)c1ccncc1. The normalized spacial score (nSPS) is 10.1. The van der Waals surface area contributed by atoms with Crippen LogP contribution in [0.5, 0.6) is 5.75 Å². The van der Waals surface area contributed by atoms with Crippen molar-refractivity contribution in [2.24, 2.45) is 0 Å². The molecule has 1 aromatic heterocycles. The first-order valence-corrected chi connectivity index (χ1v) is 6.59. The van der Waals surface area contributed by atoms with Crippen molar-refractivity contribution in [2.75, 3.05) is 20.2 Å². The van der Waals surface area contributed by atoms with E-state index in [1.807, 2.05) is 12.1 Å². The van der Waals surface area contributed by atoms with Crippen molar-refractivity contribution in [1.82, 2.24) is 9.88 Å². The lowest BCUT2D eigenvalue weighted by molar-refractivity contribution is 0.0773. The Morgan fingerprint density at radius 1 is 1.25 bits per heavy atom. The number of rotatable bonds is 5. The highest BCUT2D eigenvalue weighted by molar-refractivity contribution is 6.32. The number of carbonyl (C=O) groups excluding carboxylic acids is 1. The minimum absolute atomic E-state index is 0.0600. The van der Waals surface area contributed by atoms with Crippen LogP contribution in [0.3, 0.4) is 0 Å². The molecule has 0 unspecified atom stereocenters. The van der Waals surface area contributed by atoms with E-state index in [2.05, 4.69) is 4.98 Å². The van der Waals surface area contributed by atoms with Crippen LogP contribution < -0.4 is 4.74 Å². The molecule has 5 heteroatoms. The monoisotopic (exact) mass is 290 g/mol. The van der Waals surface area contributed by atoms with Gasteiger partial charge in [0, 0.05) is 25.0 Å². The van der Waals surface area contributed by atoms with Crippen LogP contribution in [0.4, 0.5) is 0 Å². The summed E-state index contributed by atoms with van der Waals surface area (Å²) in [7, 11) is 1.73. The van der Waals surface area contributed by atoms with Crippen molar-refractivity contribution in [3.63, 3.8) is 0 Å². The van der Waals surface area contributed by atoms with Gasteiger partial charge in [0.1, 0.15) is 12.4 Å². The predicted molar refractivity (Wildman–Crippen MR) is 78.1 cm³/mol. The molecule has 0 aliphatic carbocycles. The van der Waals surface area contributed by atoms with E-state index in [-0.39, 0.29) is 5.91 Å². The molecule has 2 aromatic rings. The summed E-state index contributed by atoms with van der Waals surface area (Å²) in [6, 6.07) is 10.6. The zero-order valence-electron chi connectivity index (χ0n) is 11.1. The van der Waals surface area contributed by atoms with E-state index in [1.165, 1.54) is 0 Å². The van der Waals surface area contributed by atoms with E-state index in [9.17, 15) is 4.79 Å². The molecular formula is C15H15ClN2O2. The topological polar surface area (TPSA) is 42.4 Å². The number of halogens is 1. The Bertz CT molecular complexity index is 575. The molecule has 2 rings (SSSR count). The van der Waals surface area contributed by atoms with Crippen molar-refractivity contribution in [3.05, 3.63) is 59.4 Å². The van der Waals surface area contributed by atoms with E-state index in [0.29, 0.717) is 29.5 Å². The molecule has 0 N–H and O–H groups in total. The van der Waals surface area contributed by atoms with Crippen LogP contribution in [0.15, 0.2) is 48.8 Å². The lowest BCUT2D eigenvalue weighted by Crippen LogP contribution is -2.30. The Hall–Kier alpha value is -2.07. The highest BCUT2D eigenvalue weighted by atomic mass is 35.5. The molecule has 1 aromatic carbocycles. The smallest absolute Gasteiger partial charge is 0.253 e. The van der Waals surface area contributed by atoms with Gasteiger partial charge in [-0.05, 0) is 24.3 Å². The molecule has 1 amide bonds. The summed E-state index contributed by atoms with van der Waals surface area (Å²) < 4.78 is 5.56. The first-order valence-electron chi connectivity index (χ1n) is 6.21. The van der Waals surface area contributed by atoms with Crippen LogP contribution in [0, 0.1) is 0 Å². The minimum Gasteiger partial charge on any atom is -0.490 e. The second kappa shape index (κ2) is 6.91. The summed E-state index contributed by atoms with van der Waals surface area (Å²) in [5.74, 6) is 0.564. The Labute approximate surface area is 123 Å². The van der Waals surface area contributed by atoms with Crippen LogP contribution >= 0.6 is 11.6 Å². The summed E-state index contributed by atoms with van der Waals surface area (Å²) >= 11 is 5.99. The zero-order valence-corrected chi connectivity index (χ0v) is 11.9. The molecular weight excluding hydrogens is 276 g/mol. The maximum absolute atomic E-state index is 12.1. The summed E-state index contributed by atoms with van der Waals surface area (Å²) in [6.07, 6.45) is 3.20. The average molecular weight is 291 g/mol. The lowest BCUT2D eigenvalue weighted by atomic mass is 10.2. The number of aromatic nitrogens is 1. The number of pyridine rings is 1. The van der Waals surface area contributed by atoms with Crippen LogP contribution in [-0.4, -0.2) is 36.0 Å². The van der Waals surface area contributed by atoms with Gasteiger partial charge in [0.15, 0.2) is 0 Å². The fraction of sp³-hybridized carbons (Fsp3) is 0.200. The third kappa shape index (κ3) is 3.71. The molecule has 20 heavy (non-hydrogen) atoms. The van der Waals surface area contributed by atoms with Gasteiger partial charge in [0.25, 0.3) is 5.91 Å². The van der Waals surface area contributed by atoms with E-state index < -0.39 is 0 Å². The van der Waals surface area contributed by atoms with Gasteiger partial charge in [-0.2, -0.15) is 0 Å². The number of amides is 1. The fourth-order valence-electron chi connectivity index (χ4n) is 1.67. The van der Waals surface area contributed by atoms with Crippen molar-refractivity contribution in [3.8, 4) is 5.75 Å². The van der Waals surface area contributed by atoms with E-state index in [4.69, 9.17) is 16.3 Å². The number of likely N-dealkylation sites (N-methyl/N-ethyl adjacent to an activating group) is 1. The van der Waals surface area contributed by atoms with Crippen molar-refractivity contribution in [2.45, 2.75) is 0 Å². The second-order valence-corrected chi connectivity index (χ2v) is 4.65. The molecule has 0 saturated carbocycles. The molecule has 1 heterocycles. The van der Waals surface area contributed by atoms with Gasteiger partial charge >= 0.3 is 0 Å². The van der Waals surface area contributed by atoms with Crippen molar-refractivity contribution < 1.29 is 9.53 Å². The van der Waals surface area contributed by atoms with E-state index in [0.717, 1.165) is 0 Å². The minimum atomic E-state index is -0.0600. The van der Waals surface area contributed by atoms with Gasteiger partial charge in [-0.1, -0.05) is 23.7 Å². The third-order valence-electron chi connectivity index (χ3n) is 2.79. The summed E-state index contributed by atoms with van der Waals surface area (Å²) in [6.45, 7) is 0.865. The number of hydrogen-bond acceptors (Lipinski definition) is 3. The first kappa shape index (κ1) is 14.3. The standard InChI is InChI=1S/C15H15ClN2O2/c1-18(15(19)12-6-8-17-9-7-12)10-11-20-14-5-3-2-4-13(14)16/h2-9H,10-11H2,1H3. The van der Waals surface area contributed by atoms with Gasteiger partial charge < -0.3 is 9.64 Å². The third-order valence-corrected chi connectivity index (χ3v) is 3.11. The predicted octanol–water partition coefficient (Wildman–Crippen LogP) is 2.89. The molecule has 0 radical (unpaired) electrons. The largest absolute Gasteiger partial charge is 0.490 e. The number of benzene rings is 1. The number of ether oxygens (including phenoxy) is 1. The van der Waals surface area contributed by atoms with Gasteiger partial charge in [0.05, 0.1) is 11.6 Å². The first-order chi connectivity index (χ1) is 9.68. The molecule has 0 aliphatic rings. The Morgan fingerprint density at radius 2 is 1.95 bits per heavy atom. The number of nitrogens with zero attached hydrogens (tertiary/aromatic N) is 2.